The second kappa shape index (κ2) is 5.82. The molecule has 1 aromatic rings. The molecule has 1 aliphatic carbocycles. The molecular weight excluding hydrogens is 235 g/mol. The van der Waals surface area contributed by atoms with Crippen LogP contribution in [0.15, 0.2) is 18.2 Å². The molecule has 98 valence electrons. The zero-order valence-corrected chi connectivity index (χ0v) is 10.1. The monoisotopic (exact) mass is 252 g/mol. The van der Waals surface area contributed by atoms with Gasteiger partial charge in [0, 0.05) is 12.6 Å². The standard InChI is InChI=1S/C13H17FN2O2/c14-9-4-5-12(18-7-6-15)11(8-9)13(17)16-10-2-1-3-10/h4-5,8,10H,1-3,6-7,15H2,(H,16,17). The summed E-state index contributed by atoms with van der Waals surface area (Å²) in [6.07, 6.45) is 3.10. The van der Waals surface area contributed by atoms with Crippen LogP contribution >= 0.6 is 0 Å². The van der Waals surface area contributed by atoms with Gasteiger partial charge >= 0.3 is 0 Å². The molecule has 4 nitrogen and oxygen atoms in total. The molecule has 1 amide bonds. The van der Waals surface area contributed by atoms with Crippen molar-refractivity contribution in [1.82, 2.24) is 5.32 Å². The summed E-state index contributed by atoms with van der Waals surface area (Å²) in [4.78, 5) is 12.0. The first-order chi connectivity index (χ1) is 8.70. The van der Waals surface area contributed by atoms with Gasteiger partial charge in [0.25, 0.3) is 5.91 Å². The Labute approximate surface area is 105 Å². The Balaban J connectivity index is 2.11. The molecule has 0 aromatic heterocycles. The maximum atomic E-state index is 13.2. The summed E-state index contributed by atoms with van der Waals surface area (Å²) in [5, 5.41) is 2.86. The molecule has 1 aliphatic rings. The zero-order chi connectivity index (χ0) is 13.0. The van der Waals surface area contributed by atoms with Crippen LogP contribution in [0.3, 0.4) is 0 Å². The van der Waals surface area contributed by atoms with E-state index < -0.39 is 5.82 Å². The van der Waals surface area contributed by atoms with Crippen molar-refractivity contribution in [3.8, 4) is 5.75 Å². The van der Waals surface area contributed by atoms with E-state index in [4.69, 9.17) is 10.5 Å². The van der Waals surface area contributed by atoms with E-state index >= 15 is 0 Å². The van der Waals surface area contributed by atoms with E-state index in [0.717, 1.165) is 19.3 Å². The minimum atomic E-state index is -0.450. The van der Waals surface area contributed by atoms with Crippen molar-refractivity contribution in [1.29, 1.82) is 0 Å². The Morgan fingerprint density at radius 1 is 1.50 bits per heavy atom. The Bertz CT molecular complexity index is 433. The largest absolute Gasteiger partial charge is 0.491 e. The average molecular weight is 252 g/mol. The lowest BCUT2D eigenvalue weighted by Gasteiger charge is -2.26. The van der Waals surface area contributed by atoms with Crippen molar-refractivity contribution in [3.05, 3.63) is 29.6 Å². The number of carbonyl (C=O) groups excluding carboxylic acids is 1. The first-order valence-corrected chi connectivity index (χ1v) is 6.14. The third kappa shape index (κ3) is 2.98. The van der Waals surface area contributed by atoms with E-state index in [1.165, 1.54) is 18.2 Å². The second-order valence-corrected chi connectivity index (χ2v) is 4.38. The molecule has 5 heteroatoms. The van der Waals surface area contributed by atoms with Crippen molar-refractivity contribution in [2.24, 2.45) is 5.73 Å². The molecule has 0 saturated heterocycles. The Morgan fingerprint density at radius 3 is 2.89 bits per heavy atom. The number of nitrogens with one attached hydrogen (secondary N) is 1. The first-order valence-electron chi connectivity index (χ1n) is 6.14. The van der Waals surface area contributed by atoms with Crippen LogP contribution in [0.2, 0.25) is 0 Å². The highest BCUT2D eigenvalue weighted by Gasteiger charge is 2.22. The van der Waals surface area contributed by atoms with Crippen molar-refractivity contribution < 1.29 is 13.9 Å². The van der Waals surface area contributed by atoms with Gasteiger partial charge in [-0.2, -0.15) is 0 Å². The predicted molar refractivity (Wildman–Crippen MR) is 66.1 cm³/mol. The Hall–Kier alpha value is -1.62. The number of hydrogen-bond acceptors (Lipinski definition) is 3. The van der Waals surface area contributed by atoms with Crippen LogP contribution in [-0.4, -0.2) is 25.1 Å². The summed E-state index contributed by atoms with van der Waals surface area (Å²) in [7, 11) is 0. The Kier molecular flexibility index (Phi) is 4.15. The van der Waals surface area contributed by atoms with Crippen LogP contribution < -0.4 is 15.8 Å². The molecular formula is C13H17FN2O2. The number of carbonyl (C=O) groups is 1. The number of rotatable bonds is 5. The minimum absolute atomic E-state index is 0.211. The van der Waals surface area contributed by atoms with Gasteiger partial charge in [0.15, 0.2) is 0 Å². The highest BCUT2D eigenvalue weighted by Crippen LogP contribution is 2.22. The predicted octanol–water partition coefficient (Wildman–Crippen LogP) is 1.45. The van der Waals surface area contributed by atoms with Crippen LogP contribution in [0.4, 0.5) is 4.39 Å². The van der Waals surface area contributed by atoms with E-state index in [2.05, 4.69) is 5.32 Å². The number of amides is 1. The molecule has 1 fully saturated rings. The van der Waals surface area contributed by atoms with Gasteiger partial charge in [0.1, 0.15) is 18.2 Å². The number of nitrogens with two attached hydrogens (primary N) is 1. The summed E-state index contributed by atoms with van der Waals surface area (Å²) < 4.78 is 18.5. The lowest BCUT2D eigenvalue weighted by Crippen LogP contribution is -2.39. The molecule has 0 heterocycles. The van der Waals surface area contributed by atoms with E-state index in [-0.39, 0.29) is 17.5 Å². The summed E-state index contributed by atoms with van der Waals surface area (Å²) in [5.74, 6) is -0.362. The maximum absolute atomic E-state index is 13.2. The number of halogens is 1. The molecule has 3 N–H and O–H groups in total. The normalized spacial score (nSPS) is 15.0. The van der Waals surface area contributed by atoms with Gasteiger partial charge < -0.3 is 15.8 Å². The highest BCUT2D eigenvalue weighted by atomic mass is 19.1. The van der Waals surface area contributed by atoms with Gasteiger partial charge in [-0.25, -0.2) is 4.39 Å². The summed E-state index contributed by atoms with van der Waals surface area (Å²) in [6.45, 7) is 0.649. The smallest absolute Gasteiger partial charge is 0.255 e. The van der Waals surface area contributed by atoms with Crippen LogP contribution in [0.25, 0.3) is 0 Å². The number of ether oxygens (including phenoxy) is 1. The van der Waals surface area contributed by atoms with Crippen molar-refractivity contribution >= 4 is 5.91 Å². The third-order valence-electron chi connectivity index (χ3n) is 3.00. The molecule has 0 aliphatic heterocycles. The molecule has 2 rings (SSSR count). The Morgan fingerprint density at radius 2 is 2.28 bits per heavy atom. The van der Waals surface area contributed by atoms with Crippen LogP contribution in [0.5, 0.6) is 5.75 Å². The van der Waals surface area contributed by atoms with Crippen LogP contribution in [0.1, 0.15) is 29.6 Å². The minimum Gasteiger partial charge on any atom is -0.491 e. The van der Waals surface area contributed by atoms with E-state index in [0.29, 0.717) is 18.9 Å². The number of hydrogen-bond donors (Lipinski definition) is 2. The summed E-state index contributed by atoms with van der Waals surface area (Å²) in [5.41, 5.74) is 5.58. The quantitative estimate of drug-likeness (QED) is 0.833. The molecule has 0 bridgehead atoms. The topological polar surface area (TPSA) is 64.3 Å². The van der Waals surface area contributed by atoms with E-state index in [1.807, 2.05) is 0 Å². The SMILES string of the molecule is NCCOc1ccc(F)cc1C(=O)NC1CCC1. The lowest BCUT2D eigenvalue weighted by molar-refractivity contribution is 0.0912. The molecule has 0 spiro atoms. The van der Waals surface area contributed by atoms with Crippen molar-refractivity contribution in [2.75, 3.05) is 13.2 Å². The number of benzene rings is 1. The molecule has 18 heavy (non-hydrogen) atoms. The van der Waals surface area contributed by atoms with Crippen LogP contribution in [-0.2, 0) is 0 Å². The molecule has 1 saturated carbocycles. The molecule has 0 unspecified atom stereocenters. The lowest BCUT2D eigenvalue weighted by atomic mass is 9.93. The zero-order valence-electron chi connectivity index (χ0n) is 10.1. The van der Waals surface area contributed by atoms with Gasteiger partial charge in [0.2, 0.25) is 0 Å². The second-order valence-electron chi connectivity index (χ2n) is 4.38. The van der Waals surface area contributed by atoms with Gasteiger partial charge in [-0.05, 0) is 37.5 Å². The van der Waals surface area contributed by atoms with Crippen molar-refractivity contribution in [3.63, 3.8) is 0 Å². The van der Waals surface area contributed by atoms with Gasteiger partial charge in [-0.1, -0.05) is 0 Å². The molecule has 0 atom stereocenters. The van der Waals surface area contributed by atoms with Gasteiger partial charge in [-0.15, -0.1) is 0 Å². The maximum Gasteiger partial charge on any atom is 0.255 e. The highest BCUT2D eigenvalue weighted by molar-refractivity contribution is 5.97. The molecule has 1 aromatic carbocycles. The fraction of sp³-hybridized carbons (Fsp3) is 0.462. The molecule has 0 radical (unpaired) electrons. The van der Waals surface area contributed by atoms with E-state index in [1.54, 1.807) is 0 Å². The fourth-order valence-electron chi connectivity index (χ4n) is 1.79. The van der Waals surface area contributed by atoms with Crippen molar-refractivity contribution in [2.45, 2.75) is 25.3 Å². The first kappa shape index (κ1) is 12.8. The summed E-state index contributed by atoms with van der Waals surface area (Å²) in [6, 6.07) is 4.13. The third-order valence-corrected chi connectivity index (χ3v) is 3.00. The van der Waals surface area contributed by atoms with Gasteiger partial charge in [0.05, 0.1) is 5.56 Å². The van der Waals surface area contributed by atoms with Gasteiger partial charge in [-0.3, -0.25) is 4.79 Å². The average Bonchev–Trinajstić information content (AvgIpc) is 2.32. The van der Waals surface area contributed by atoms with Crippen LogP contribution in [0, 0.1) is 5.82 Å². The van der Waals surface area contributed by atoms with E-state index in [9.17, 15) is 9.18 Å². The fourth-order valence-corrected chi connectivity index (χ4v) is 1.79. The summed E-state index contributed by atoms with van der Waals surface area (Å²) >= 11 is 0.